The topological polar surface area (TPSA) is 22.1 Å². The van der Waals surface area contributed by atoms with E-state index >= 15 is 0 Å². The van der Waals surface area contributed by atoms with E-state index < -0.39 is 0 Å². The molecule has 0 N–H and O–H groups in total. The second kappa shape index (κ2) is 3.39. The Balaban J connectivity index is 2.33. The number of nitrogens with zero attached hydrogens (tertiary/aromatic N) is 1. The molecule has 1 fully saturated rings. The molecule has 1 aliphatic heterocycles. The van der Waals surface area contributed by atoms with Crippen LogP contribution in [0.2, 0.25) is 0 Å². The van der Waals surface area contributed by atoms with Crippen LogP contribution < -0.4 is 0 Å². The molecule has 0 radical (unpaired) electrons. The Labute approximate surface area is 83.1 Å². The molecule has 0 amide bonds. The normalized spacial score (nSPS) is 17.8. The van der Waals surface area contributed by atoms with Gasteiger partial charge in [0.2, 0.25) is 0 Å². The summed E-state index contributed by atoms with van der Waals surface area (Å²) in [5.41, 5.74) is 2.75. The number of hydrogen-bond donors (Lipinski definition) is 0. The van der Waals surface area contributed by atoms with E-state index in [4.69, 9.17) is 4.74 Å². The molecule has 1 aliphatic rings. The predicted octanol–water partition coefficient (Wildman–Crippen LogP) is 2.69. The molecule has 0 unspecified atom stereocenters. The lowest BCUT2D eigenvalue weighted by molar-refractivity contribution is 0.00664. The minimum absolute atomic E-state index is 0.572. The van der Waals surface area contributed by atoms with Gasteiger partial charge in [0.25, 0.3) is 0 Å². The van der Waals surface area contributed by atoms with E-state index in [-0.39, 0.29) is 0 Å². The molecule has 0 aromatic carbocycles. The summed E-state index contributed by atoms with van der Waals surface area (Å²) in [7, 11) is 0. The fourth-order valence-electron chi connectivity index (χ4n) is 1.79. The summed E-state index contributed by atoms with van der Waals surface area (Å²) in [6.45, 7) is 8.36. The molecule has 13 heavy (non-hydrogen) atoms. The van der Waals surface area contributed by atoms with Crippen LogP contribution >= 0.6 is 11.5 Å². The largest absolute Gasteiger partial charge is 0.380 e. The summed E-state index contributed by atoms with van der Waals surface area (Å²) in [6, 6.07) is 0. The average molecular weight is 197 g/mol. The molecular weight excluding hydrogens is 182 g/mol. The van der Waals surface area contributed by atoms with Crippen LogP contribution in [-0.2, 0) is 4.74 Å². The Bertz CT molecular complexity index is 302. The van der Waals surface area contributed by atoms with Gasteiger partial charge in [0, 0.05) is 10.8 Å². The Morgan fingerprint density at radius 1 is 1.46 bits per heavy atom. The van der Waals surface area contributed by atoms with Crippen LogP contribution in [-0.4, -0.2) is 17.6 Å². The zero-order chi connectivity index (χ0) is 9.42. The quantitative estimate of drug-likeness (QED) is 0.727. The van der Waals surface area contributed by atoms with Crippen LogP contribution in [0, 0.1) is 6.92 Å². The first-order valence-electron chi connectivity index (χ1n) is 4.74. The van der Waals surface area contributed by atoms with Crippen molar-refractivity contribution in [3.63, 3.8) is 0 Å². The maximum Gasteiger partial charge on any atom is 0.0656 e. The van der Waals surface area contributed by atoms with Crippen molar-refractivity contribution in [3.05, 3.63) is 16.1 Å². The fourth-order valence-corrected chi connectivity index (χ4v) is 2.71. The van der Waals surface area contributed by atoms with E-state index in [0.29, 0.717) is 11.8 Å². The van der Waals surface area contributed by atoms with Gasteiger partial charge in [-0.1, -0.05) is 13.8 Å². The lowest BCUT2D eigenvalue weighted by Gasteiger charge is -2.26. The first kappa shape index (κ1) is 9.16. The van der Waals surface area contributed by atoms with Gasteiger partial charge in [0.1, 0.15) is 0 Å². The minimum atomic E-state index is 0.572. The highest BCUT2D eigenvalue weighted by Gasteiger charge is 2.27. The van der Waals surface area contributed by atoms with Crippen molar-refractivity contribution >= 4 is 11.5 Å². The standard InChI is InChI=1S/C10H15NOS/c1-6(2)9-7(3)13-11-10(9)8-4-12-5-8/h6,8H,4-5H2,1-3H3. The van der Waals surface area contributed by atoms with Crippen LogP contribution in [0.5, 0.6) is 0 Å². The Morgan fingerprint density at radius 3 is 2.62 bits per heavy atom. The van der Waals surface area contributed by atoms with Crippen LogP contribution in [0.25, 0.3) is 0 Å². The van der Waals surface area contributed by atoms with Crippen molar-refractivity contribution < 1.29 is 4.74 Å². The molecule has 1 saturated heterocycles. The zero-order valence-electron chi connectivity index (χ0n) is 8.33. The predicted molar refractivity (Wildman–Crippen MR) is 54.5 cm³/mol. The number of hydrogen-bond acceptors (Lipinski definition) is 3. The molecule has 3 heteroatoms. The van der Waals surface area contributed by atoms with Gasteiger partial charge in [0.15, 0.2) is 0 Å². The molecule has 72 valence electrons. The lowest BCUT2D eigenvalue weighted by Crippen LogP contribution is -2.26. The van der Waals surface area contributed by atoms with Crippen LogP contribution in [0.15, 0.2) is 0 Å². The first-order valence-corrected chi connectivity index (χ1v) is 5.51. The van der Waals surface area contributed by atoms with Crippen molar-refractivity contribution in [2.45, 2.75) is 32.6 Å². The maximum atomic E-state index is 5.20. The molecule has 2 rings (SSSR count). The van der Waals surface area contributed by atoms with Crippen molar-refractivity contribution in [1.82, 2.24) is 4.37 Å². The minimum Gasteiger partial charge on any atom is -0.380 e. The highest BCUT2D eigenvalue weighted by molar-refractivity contribution is 7.05. The Kier molecular flexibility index (Phi) is 2.39. The summed E-state index contributed by atoms with van der Waals surface area (Å²) in [6.07, 6.45) is 0. The molecule has 0 bridgehead atoms. The average Bonchev–Trinajstić information content (AvgIpc) is 2.28. The van der Waals surface area contributed by atoms with E-state index in [2.05, 4.69) is 25.1 Å². The van der Waals surface area contributed by atoms with Gasteiger partial charge in [-0.25, -0.2) is 0 Å². The monoisotopic (exact) mass is 197 g/mol. The highest BCUT2D eigenvalue weighted by Crippen LogP contribution is 2.34. The zero-order valence-corrected chi connectivity index (χ0v) is 9.15. The van der Waals surface area contributed by atoms with E-state index in [1.54, 1.807) is 11.5 Å². The second-order valence-electron chi connectivity index (χ2n) is 3.93. The van der Waals surface area contributed by atoms with Gasteiger partial charge < -0.3 is 4.74 Å². The number of aromatic nitrogens is 1. The molecule has 0 saturated carbocycles. The van der Waals surface area contributed by atoms with Crippen LogP contribution in [0.3, 0.4) is 0 Å². The van der Waals surface area contributed by atoms with E-state index in [1.807, 2.05) is 0 Å². The van der Waals surface area contributed by atoms with Gasteiger partial charge in [-0.15, -0.1) is 0 Å². The van der Waals surface area contributed by atoms with Crippen LogP contribution in [0.1, 0.15) is 41.8 Å². The second-order valence-corrected chi connectivity index (χ2v) is 4.90. The Hall–Kier alpha value is -0.410. The molecule has 2 heterocycles. The smallest absolute Gasteiger partial charge is 0.0656 e. The third-order valence-corrected chi connectivity index (χ3v) is 3.32. The van der Waals surface area contributed by atoms with Gasteiger partial charge in [-0.2, -0.15) is 4.37 Å². The van der Waals surface area contributed by atoms with Crippen molar-refractivity contribution in [1.29, 1.82) is 0 Å². The summed E-state index contributed by atoms with van der Waals surface area (Å²) < 4.78 is 9.72. The van der Waals surface area contributed by atoms with Gasteiger partial charge >= 0.3 is 0 Å². The maximum absolute atomic E-state index is 5.20. The van der Waals surface area contributed by atoms with Crippen LogP contribution in [0.4, 0.5) is 0 Å². The molecule has 0 aliphatic carbocycles. The van der Waals surface area contributed by atoms with Crippen molar-refractivity contribution in [2.24, 2.45) is 0 Å². The molecule has 1 aromatic rings. The number of rotatable bonds is 2. The van der Waals surface area contributed by atoms with Gasteiger partial charge in [0.05, 0.1) is 18.9 Å². The summed E-state index contributed by atoms with van der Waals surface area (Å²) >= 11 is 1.63. The van der Waals surface area contributed by atoms with Gasteiger partial charge in [-0.05, 0) is 29.9 Å². The highest BCUT2D eigenvalue weighted by atomic mass is 32.1. The van der Waals surface area contributed by atoms with Crippen molar-refractivity contribution in [2.75, 3.05) is 13.2 Å². The molecule has 1 aromatic heterocycles. The molecule has 0 atom stereocenters. The molecule has 2 nitrogen and oxygen atoms in total. The first-order chi connectivity index (χ1) is 6.20. The van der Waals surface area contributed by atoms with E-state index in [9.17, 15) is 0 Å². The Morgan fingerprint density at radius 2 is 2.15 bits per heavy atom. The number of aryl methyl sites for hydroxylation is 1. The third-order valence-electron chi connectivity index (χ3n) is 2.54. The van der Waals surface area contributed by atoms with E-state index in [1.165, 1.54) is 16.1 Å². The summed E-state index contributed by atoms with van der Waals surface area (Å²) in [5, 5.41) is 0. The lowest BCUT2D eigenvalue weighted by atomic mass is 9.93. The fraction of sp³-hybridized carbons (Fsp3) is 0.700. The SMILES string of the molecule is Cc1snc(C2COC2)c1C(C)C. The van der Waals surface area contributed by atoms with Crippen molar-refractivity contribution in [3.8, 4) is 0 Å². The molecule has 0 spiro atoms. The summed E-state index contributed by atoms with van der Waals surface area (Å²) in [4.78, 5) is 1.37. The van der Waals surface area contributed by atoms with E-state index in [0.717, 1.165) is 13.2 Å². The molecular formula is C10H15NOS. The number of ether oxygens (including phenoxy) is 1. The summed E-state index contributed by atoms with van der Waals surface area (Å²) in [5.74, 6) is 1.16. The third kappa shape index (κ3) is 1.51. The van der Waals surface area contributed by atoms with Gasteiger partial charge in [-0.3, -0.25) is 0 Å².